The molecule has 0 bridgehead atoms. The number of benzene rings is 2. The summed E-state index contributed by atoms with van der Waals surface area (Å²) in [6.45, 7) is -0.356. The second kappa shape index (κ2) is 5.60. The predicted molar refractivity (Wildman–Crippen MR) is 85.4 cm³/mol. The van der Waals surface area contributed by atoms with Gasteiger partial charge in [-0.2, -0.15) is 0 Å². The first-order chi connectivity index (χ1) is 11.6. The van der Waals surface area contributed by atoms with Crippen molar-refractivity contribution in [2.24, 2.45) is 0 Å². The summed E-state index contributed by atoms with van der Waals surface area (Å²) in [7, 11) is 0. The molecule has 0 aromatic heterocycles. The number of esters is 1. The van der Waals surface area contributed by atoms with E-state index in [1.807, 2.05) is 24.3 Å². The van der Waals surface area contributed by atoms with Gasteiger partial charge in [-0.3, -0.25) is 19.3 Å². The number of carbonyl (C=O) groups excluding carboxylic acids is 3. The summed E-state index contributed by atoms with van der Waals surface area (Å²) in [6, 6.07) is 14.4. The molecule has 0 spiro atoms. The largest absolute Gasteiger partial charge is 0.456 e. The maximum Gasteiger partial charge on any atom is 0.326 e. The summed E-state index contributed by atoms with van der Waals surface area (Å²) in [5.74, 6) is -1.45. The van der Waals surface area contributed by atoms with E-state index in [-0.39, 0.29) is 12.6 Å². The lowest BCUT2D eigenvalue weighted by Gasteiger charge is -2.17. The van der Waals surface area contributed by atoms with Gasteiger partial charge in [0.1, 0.15) is 12.6 Å². The topological polar surface area (TPSA) is 63.7 Å². The van der Waals surface area contributed by atoms with Crippen LogP contribution in [0.15, 0.2) is 48.5 Å². The molecule has 2 aliphatic rings. The van der Waals surface area contributed by atoms with Gasteiger partial charge in [0.05, 0.1) is 11.1 Å². The van der Waals surface area contributed by atoms with E-state index in [2.05, 4.69) is 0 Å². The third-order valence-electron chi connectivity index (χ3n) is 4.52. The molecule has 120 valence electrons. The first-order valence-corrected chi connectivity index (χ1v) is 7.87. The van der Waals surface area contributed by atoms with Gasteiger partial charge in [-0.25, -0.2) is 0 Å². The van der Waals surface area contributed by atoms with E-state index in [1.165, 1.54) is 5.56 Å². The molecule has 2 aromatic rings. The number of rotatable bonds is 3. The second-order valence-electron chi connectivity index (χ2n) is 5.96. The Morgan fingerprint density at radius 2 is 1.62 bits per heavy atom. The average molecular weight is 321 g/mol. The quantitative estimate of drug-likeness (QED) is 0.644. The van der Waals surface area contributed by atoms with Crippen LogP contribution < -0.4 is 0 Å². The minimum atomic E-state index is -0.564. The fourth-order valence-corrected chi connectivity index (χ4v) is 3.35. The molecule has 0 fully saturated rings. The van der Waals surface area contributed by atoms with Gasteiger partial charge in [-0.05, 0) is 36.1 Å². The number of aryl methyl sites for hydroxylation is 1. The number of carbonyl (C=O) groups is 3. The molecule has 0 saturated carbocycles. The average Bonchev–Trinajstić information content (AvgIpc) is 3.11. The summed E-state index contributed by atoms with van der Waals surface area (Å²) in [5.41, 5.74) is 2.85. The Balaban J connectivity index is 1.47. The molecule has 5 nitrogen and oxygen atoms in total. The highest BCUT2D eigenvalue weighted by Gasteiger charge is 2.37. The van der Waals surface area contributed by atoms with E-state index >= 15 is 0 Å². The van der Waals surface area contributed by atoms with Crippen molar-refractivity contribution >= 4 is 17.8 Å². The van der Waals surface area contributed by atoms with E-state index < -0.39 is 17.8 Å². The Labute approximate surface area is 138 Å². The summed E-state index contributed by atoms with van der Waals surface area (Å²) in [4.78, 5) is 37.7. The van der Waals surface area contributed by atoms with Crippen molar-refractivity contribution in [3.05, 3.63) is 70.8 Å². The normalized spacial score (nSPS) is 18.5. The first-order valence-electron chi connectivity index (χ1n) is 7.87. The van der Waals surface area contributed by atoms with Crippen molar-refractivity contribution in [3.63, 3.8) is 0 Å². The molecular formula is C19H15NO4. The second-order valence-corrected chi connectivity index (χ2v) is 5.96. The summed E-state index contributed by atoms with van der Waals surface area (Å²) < 4.78 is 5.51. The number of nitrogens with zero attached hydrogens (tertiary/aromatic N) is 1. The van der Waals surface area contributed by atoms with Gasteiger partial charge in [0.15, 0.2) is 0 Å². The van der Waals surface area contributed by atoms with Crippen LogP contribution in [0.4, 0.5) is 0 Å². The third-order valence-corrected chi connectivity index (χ3v) is 4.52. The number of imide groups is 1. The van der Waals surface area contributed by atoms with Crippen molar-refractivity contribution in [2.75, 3.05) is 6.54 Å². The molecule has 0 radical (unpaired) electrons. The molecule has 1 atom stereocenters. The van der Waals surface area contributed by atoms with E-state index in [0.29, 0.717) is 11.1 Å². The highest BCUT2D eigenvalue weighted by atomic mass is 16.5. The standard InChI is InChI=1S/C19H15NO4/c21-17(24-16-10-9-12-5-1-2-6-13(12)16)11-20-18(22)14-7-3-4-8-15(14)19(20)23/h1-8,16H,9-11H2/t16-/m1/s1. The van der Waals surface area contributed by atoms with Gasteiger partial charge in [0.25, 0.3) is 11.8 Å². The lowest BCUT2D eigenvalue weighted by atomic mass is 10.1. The smallest absolute Gasteiger partial charge is 0.326 e. The van der Waals surface area contributed by atoms with Gasteiger partial charge in [0, 0.05) is 0 Å². The summed E-state index contributed by atoms with van der Waals surface area (Å²) in [6.07, 6.45) is 1.29. The van der Waals surface area contributed by atoms with Gasteiger partial charge in [-0.1, -0.05) is 36.4 Å². The molecule has 5 heteroatoms. The molecular weight excluding hydrogens is 306 g/mol. The molecule has 2 amide bonds. The number of hydrogen-bond donors (Lipinski definition) is 0. The third kappa shape index (κ3) is 2.29. The summed E-state index contributed by atoms with van der Waals surface area (Å²) in [5, 5.41) is 0. The zero-order chi connectivity index (χ0) is 16.7. The van der Waals surface area contributed by atoms with Crippen LogP contribution in [0.1, 0.15) is 44.4 Å². The number of fused-ring (bicyclic) bond motifs is 2. The van der Waals surface area contributed by atoms with Crippen LogP contribution in [0.3, 0.4) is 0 Å². The Morgan fingerprint density at radius 3 is 2.33 bits per heavy atom. The minimum Gasteiger partial charge on any atom is -0.456 e. The van der Waals surface area contributed by atoms with Gasteiger partial charge >= 0.3 is 5.97 Å². The maximum absolute atomic E-state index is 12.3. The lowest BCUT2D eigenvalue weighted by Crippen LogP contribution is -2.36. The van der Waals surface area contributed by atoms with Gasteiger partial charge < -0.3 is 4.74 Å². The molecule has 2 aromatic carbocycles. The van der Waals surface area contributed by atoms with Crippen LogP contribution >= 0.6 is 0 Å². The molecule has 0 N–H and O–H groups in total. The molecule has 1 heterocycles. The van der Waals surface area contributed by atoms with E-state index in [1.54, 1.807) is 24.3 Å². The Morgan fingerprint density at radius 1 is 1.00 bits per heavy atom. The van der Waals surface area contributed by atoms with E-state index in [0.717, 1.165) is 23.3 Å². The van der Waals surface area contributed by atoms with Crippen molar-refractivity contribution in [3.8, 4) is 0 Å². The van der Waals surface area contributed by atoms with Crippen LogP contribution in [0.5, 0.6) is 0 Å². The van der Waals surface area contributed by atoms with Crippen LogP contribution in [0.2, 0.25) is 0 Å². The zero-order valence-corrected chi connectivity index (χ0v) is 12.9. The van der Waals surface area contributed by atoms with E-state index in [4.69, 9.17) is 4.74 Å². The molecule has 0 saturated heterocycles. The highest BCUT2D eigenvalue weighted by Crippen LogP contribution is 2.34. The predicted octanol–water partition coefficient (Wildman–Crippen LogP) is 2.51. The number of ether oxygens (including phenoxy) is 1. The fraction of sp³-hybridized carbons (Fsp3) is 0.211. The number of hydrogen-bond acceptors (Lipinski definition) is 4. The molecule has 4 rings (SSSR count). The maximum atomic E-state index is 12.3. The van der Waals surface area contributed by atoms with Crippen molar-refractivity contribution < 1.29 is 19.1 Å². The molecule has 1 aliphatic heterocycles. The fourth-order valence-electron chi connectivity index (χ4n) is 3.35. The molecule has 1 aliphatic carbocycles. The Kier molecular flexibility index (Phi) is 3.41. The number of amides is 2. The molecule has 24 heavy (non-hydrogen) atoms. The highest BCUT2D eigenvalue weighted by molar-refractivity contribution is 6.22. The van der Waals surface area contributed by atoms with Gasteiger partial charge in [0.2, 0.25) is 0 Å². The SMILES string of the molecule is O=C(CN1C(=O)c2ccccc2C1=O)O[C@@H]1CCc2ccccc21. The van der Waals surface area contributed by atoms with E-state index in [9.17, 15) is 14.4 Å². The van der Waals surface area contributed by atoms with Crippen LogP contribution in [-0.2, 0) is 16.0 Å². The Bertz CT molecular complexity index is 823. The molecule has 0 unspecified atom stereocenters. The summed E-state index contributed by atoms with van der Waals surface area (Å²) >= 11 is 0. The van der Waals surface area contributed by atoms with Crippen molar-refractivity contribution in [1.82, 2.24) is 4.90 Å². The lowest BCUT2D eigenvalue weighted by molar-refractivity contribution is -0.149. The van der Waals surface area contributed by atoms with Crippen LogP contribution in [0.25, 0.3) is 0 Å². The van der Waals surface area contributed by atoms with Crippen LogP contribution in [-0.4, -0.2) is 29.2 Å². The minimum absolute atomic E-state index is 0.302. The monoisotopic (exact) mass is 321 g/mol. The Hall–Kier alpha value is -2.95. The van der Waals surface area contributed by atoms with Crippen molar-refractivity contribution in [2.45, 2.75) is 18.9 Å². The van der Waals surface area contributed by atoms with Crippen molar-refractivity contribution in [1.29, 1.82) is 0 Å². The zero-order valence-electron chi connectivity index (χ0n) is 12.9. The van der Waals surface area contributed by atoms with Gasteiger partial charge in [-0.15, -0.1) is 0 Å². The van der Waals surface area contributed by atoms with Crippen LogP contribution in [0, 0.1) is 0 Å². The first kappa shape index (κ1) is 14.6.